The van der Waals surface area contributed by atoms with Crippen LogP contribution >= 0.6 is 0 Å². The molecule has 164 valence electrons. The van der Waals surface area contributed by atoms with Gasteiger partial charge in [0.2, 0.25) is 0 Å². The molecule has 1 saturated heterocycles. The molecule has 2 aliphatic rings. The summed E-state index contributed by atoms with van der Waals surface area (Å²) in [5.41, 5.74) is 5.41. The van der Waals surface area contributed by atoms with Crippen molar-refractivity contribution in [1.29, 1.82) is 0 Å². The summed E-state index contributed by atoms with van der Waals surface area (Å²) in [6.07, 6.45) is 1.31. The minimum atomic E-state index is -0.0141. The highest BCUT2D eigenvalue weighted by atomic mass is 16.2. The van der Waals surface area contributed by atoms with E-state index >= 15 is 0 Å². The molecule has 1 N–H and O–H groups in total. The first-order valence-corrected chi connectivity index (χ1v) is 11.1. The number of carbonyl (C=O) groups is 2. The van der Waals surface area contributed by atoms with Gasteiger partial charge < -0.3 is 10.2 Å². The van der Waals surface area contributed by atoms with Crippen LogP contribution in [0.25, 0.3) is 0 Å². The third kappa shape index (κ3) is 4.65. The number of hydrogen-bond donors (Lipinski definition) is 1. The number of amides is 2. The number of benzene rings is 2. The molecule has 1 unspecified atom stereocenters. The van der Waals surface area contributed by atoms with Gasteiger partial charge in [-0.1, -0.05) is 24.3 Å². The van der Waals surface area contributed by atoms with Crippen molar-refractivity contribution in [2.75, 3.05) is 51.7 Å². The molecule has 0 aliphatic carbocycles. The summed E-state index contributed by atoms with van der Waals surface area (Å²) in [5, 5.41) is 3.61. The summed E-state index contributed by atoms with van der Waals surface area (Å²) < 4.78 is 0. The lowest BCUT2D eigenvalue weighted by Gasteiger charge is -2.34. The molecule has 0 saturated carbocycles. The summed E-state index contributed by atoms with van der Waals surface area (Å²) in [5.74, 6) is 0.172. The molecule has 0 spiro atoms. The predicted octanol–water partition coefficient (Wildman–Crippen LogP) is 3.26. The van der Waals surface area contributed by atoms with Crippen molar-refractivity contribution in [1.82, 2.24) is 15.1 Å². The fourth-order valence-corrected chi connectivity index (χ4v) is 4.62. The van der Waals surface area contributed by atoms with Crippen LogP contribution in [-0.4, -0.2) is 68.4 Å². The van der Waals surface area contributed by atoms with Gasteiger partial charge in [-0.3, -0.25) is 14.6 Å². The first-order chi connectivity index (χ1) is 14.9. The Morgan fingerprint density at radius 3 is 2.71 bits per heavy atom. The maximum Gasteiger partial charge on any atom is 0.323 e. The van der Waals surface area contributed by atoms with Gasteiger partial charge in [-0.15, -0.1) is 0 Å². The molecule has 0 aromatic heterocycles. The standard InChI is InChI=1S/C25H32N4O2/c1-18-6-4-5-7-21(18)22-17-28(15-12-26-22)13-11-24(30)20-8-9-23-19(16-20)10-14-29(23)25(31)27(2)3/h4-9,16,22,26H,10-15,17H2,1-3H3. The molecule has 2 amide bonds. The molecule has 4 rings (SSSR count). The number of anilines is 1. The van der Waals surface area contributed by atoms with Crippen LogP contribution < -0.4 is 10.2 Å². The van der Waals surface area contributed by atoms with Gasteiger partial charge in [-0.05, 0) is 48.2 Å². The van der Waals surface area contributed by atoms with Gasteiger partial charge >= 0.3 is 6.03 Å². The molecular formula is C25H32N4O2. The molecule has 0 bridgehead atoms. The monoisotopic (exact) mass is 420 g/mol. The van der Waals surface area contributed by atoms with E-state index in [1.54, 1.807) is 23.9 Å². The molecule has 2 aliphatic heterocycles. The lowest BCUT2D eigenvalue weighted by molar-refractivity contribution is 0.0954. The minimum Gasteiger partial charge on any atom is -0.330 e. The van der Waals surface area contributed by atoms with Crippen LogP contribution in [0, 0.1) is 6.92 Å². The smallest absolute Gasteiger partial charge is 0.323 e. The second-order valence-electron chi connectivity index (χ2n) is 8.76. The van der Waals surface area contributed by atoms with E-state index in [1.807, 2.05) is 18.2 Å². The molecule has 2 aromatic rings. The van der Waals surface area contributed by atoms with E-state index in [1.165, 1.54) is 11.1 Å². The van der Waals surface area contributed by atoms with Crippen LogP contribution in [0.3, 0.4) is 0 Å². The van der Waals surface area contributed by atoms with Crippen LogP contribution in [0.1, 0.15) is 39.5 Å². The zero-order valence-corrected chi connectivity index (χ0v) is 18.7. The Balaban J connectivity index is 1.36. The summed E-state index contributed by atoms with van der Waals surface area (Å²) in [6.45, 7) is 6.41. The van der Waals surface area contributed by atoms with Crippen molar-refractivity contribution in [2.24, 2.45) is 0 Å². The Morgan fingerprint density at radius 2 is 1.94 bits per heavy atom. The molecular weight excluding hydrogens is 388 g/mol. The van der Waals surface area contributed by atoms with Gasteiger partial charge in [0.25, 0.3) is 0 Å². The van der Waals surface area contributed by atoms with Crippen LogP contribution in [-0.2, 0) is 6.42 Å². The number of carbonyl (C=O) groups excluding carboxylic acids is 2. The van der Waals surface area contributed by atoms with Gasteiger partial charge in [0, 0.05) is 70.5 Å². The zero-order chi connectivity index (χ0) is 22.0. The van der Waals surface area contributed by atoms with Gasteiger partial charge in [-0.2, -0.15) is 0 Å². The second kappa shape index (κ2) is 9.20. The number of nitrogens with one attached hydrogen (secondary N) is 1. The number of ketones is 1. The van der Waals surface area contributed by atoms with Gasteiger partial charge in [0.15, 0.2) is 5.78 Å². The predicted molar refractivity (Wildman–Crippen MR) is 124 cm³/mol. The number of urea groups is 1. The normalized spacial score (nSPS) is 18.7. The van der Waals surface area contributed by atoms with E-state index in [9.17, 15) is 9.59 Å². The number of piperazine rings is 1. The summed E-state index contributed by atoms with van der Waals surface area (Å²) in [7, 11) is 3.52. The average Bonchev–Trinajstić information content (AvgIpc) is 3.20. The van der Waals surface area contributed by atoms with Crippen LogP contribution in [0.2, 0.25) is 0 Å². The maximum atomic E-state index is 12.9. The molecule has 2 heterocycles. The van der Waals surface area contributed by atoms with Gasteiger partial charge in [-0.25, -0.2) is 4.79 Å². The van der Waals surface area contributed by atoms with Crippen molar-refractivity contribution in [3.63, 3.8) is 0 Å². The molecule has 6 nitrogen and oxygen atoms in total. The molecule has 6 heteroatoms. The number of hydrogen-bond acceptors (Lipinski definition) is 4. The number of fused-ring (bicyclic) bond motifs is 1. The molecule has 1 atom stereocenters. The lowest BCUT2D eigenvalue weighted by Crippen LogP contribution is -2.46. The topological polar surface area (TPSA) is 55.9 Å². The summed E-state index contributed by atoms with van der Waals surface area (Å²) in [4.78, 5) is 31.0. The van der Waals surface area contributed by atoms with E-state index < -0.39 is 0 Å². The van der Waals surface area contributed by atoms with E-state index in [4.69, 9.17) is 0 Å². The van der Waals surface area contributed by atoms with Crippen molar-refractivity contribution >= 4 is 17.5 Å². The number of rotatable bonds is 5. The molecule has 1 fully saturated rings. The fourth-order valence-electron chi connectivity index (χ4n) is 4.62. The molecule has 31 heavy (non-hydrogen) atoms. The Bertz CT molecular complexity index is 972. The SMILES string of the molecule is Cc1ccccc1C1CN(CCC(=O)c2ccc3c(c2)CCN3C(=O)N(C)C)CCN1. The zero-order valence-electron chi connectivity index (χ0n) is 18.7. The fraction of sp³-hybridized carbons (Fsp3) is 0.440. The summed E-state index contributed by atoms with van der Waals surface area (Å²) >= 11 is 0. The highest BCUT2D eigenvalue weighted by Gasteiger charge is 2.27. The van der Waals surface area contributed by atoms with E-state index in [0.29, 0.717) is 19.0 Å². The Hall–Kier alpha value is -2.70. The minimum absolute atomic E-state index is 0.0141. The quantitative estimate of drug-likeness (QED) is 0.755. The van der Waals surface area contributed by atoms with Crippen molar-refractivity contribution in [3.8, 4) is 0 Å². The van der Waals surface area contributed by atoms with E-state index in [0.717, 1.165) is 49.4 Å². The van der Waals surface area contributed by atoms with Crippen molar-refractivity contribution in [3.05, 3.63) is 64.7 Å². The molecule has 0 radical (unpaired) electrons. The maximum absolute atomic E-state index is 12.9. The largest absolute Gasteiger partial charge is 0.330 e. The Kier molecular flexibility index (Phi) is 6.39. The lowest BCUT2D eigenvalue weighted by atomic mass is 9.99. The third-order valence-electron chi connectivity index (χ3n) is 6.39. The highest BCUT2D eigenvalue weighted by Crippen LogP contribution is 2.30. The number of aryl methyl sites for hydroxylation is 1. The van der Waals surface area contributed by atoms with Crippen molar-refractivity contribution < 1.29 is 9.59 Å². The highest BCUT2D eigenvalue weighted by molar-refractivity contribution is 5.99. The Morgan fingerprint density at radius 1 is 1.13 bits per heavy atom. The van der Waals surface area contributed by atoms with Gasteiger partial charge in [0.05, 0.1) is 0 Å². The first-order valence-electron chi connectivity index (χ1n) is 11.1. The Labute approximate surface area is 184 Å². The van der Waals surface area contributed by atoms with Crippen molar-refractivity contribution in [2.45, 2.75) is 25.8 Å². The van der Waals surface area contributed by atoms with E-state index in [2.05, 4.69) is 41.4 Å². The first kappa shape index (κ1) is 21.5. The van der Waals surface area contributed by atoms with Crippen LogP contribution in [0.15, 0.2) is 42.5 Å². The number of nitrogens with zero attached hydrogens (tertiary/aromatic N) is 3. The summed E-state index contributed by atoms with van der Waals surface area (Å²) in [6, 6.07) is 14.6. The molecule has 2 aromatic carbocycles. The second-order valence-corrected chi connectivity index (χ2v) is 8.76. The van der Waals surface area contributed by atoms with Gasteiger partial charge in [0.1, 0.15) is 0 Å². The van der Waals surface area contributed by atoms with Crippen LogP contribution in [0.5, 0.6) is 0 Å². The third-order valence-corrected chi connectivity index (χ3v) is 6.39. The van der Waals surface area contributed by atoms with Crippen LogP contribution in [0.4, 0.5) is 10.5 Å². The average molecular weight is 421 g/mol. The van der Waals surface area contributed by atoms with E-state index in [-0.39, 0.29) is 11.8 Å². The number of Topliss-reactive ketones (excluding diaryl/α,β-unsaturated/α-hetero) is 1.